The topological polar surface area (TPSA) is 88.9 Å². The molecule has 0 N–H and O–H groups in total. The van der Waals surface area contributed by atoms with Crippen molar-refractivity contribution < 1.29 is 28.5 Å². The Morgan fingerprint density at radius 3 is 2.27 bits per heavy atom. The molecule has 4 rings (SSSR count). The highest BCUT2D eigenvalue weighted by Gasteiger charge is 2.33. The molecular weight excluding hydrogens is 519 g/mol. The van der Waals surface area contributed by atoms with Crippen LogP contribution in [0.15, 0.2) is 66.7 Å². The van der Waals surface area contributed by atoms with Crippen LogP contribution < -0.4 is 9.47 Å². The number of esters is 2. The Balaban J connectivity index is 1.93. The van der Waals surface area contributed by atoms with Gasteiger partial charge in [0, 0.05) is 21.2 Å². The number of carbonyl (C=O) groups is 2. The van der Waals surface area contributed by atoms with E-state index in [2.05, 4.69) is 5.10 Å². The number of hydrogen-bond donors (Lipinski definition) is 0. The van der Waals surface area contributed by atoms with E-state index in [1.165, 1.54) is 26.0 Å². The molecule has 0 amide bonds. The predicted molar refractivity (Wildman–Crippen MR) is 139 cm³/mol. The van der Waals surface area contributed by atoms with Gasteiger partial charge in [0.25, 0.3) is 0 Å². The lowest BCUT2D eigenvalue weighted by Crippen LogP contribution is -2.15. The summed E-state index contributed by atoms with van der Waals surface area (Å²) in [6.07, 6.45) is 0. The summed E-state index contributed by atoms with van der Waals surface area (Å²) >= 11 is 12.3. The highest BCUT2D eigenvalue weighted by Crippen LogP contribution is 2.41. The van der Waals surface area contributed by atoms with Crippen molar-refractivity contribution in [1.29, 1.82) is 0 Å². The van der Waals surface area contributed by atoms with Crippen molar-refractivity contribution in [3.8, 4) is 28.4 Å². The largest absolute Gasteiger partial charge is 0.493 e. The maximum atomic E-state index is 13.0. The Kier molecular flexibility index (Phi) is 8.01. The molecule has 10 heteroatoms. The van der Waals surface area contributed by atoms with Gasteiger partial charge in [-0.1, -0.05) is 53.5 Å². The molecule has 0 saturated carbocycles. The van der Waals surface area contributed by atoms with Gasteiger partial charge in [-0.25, -0.2) is 14.3 Å². The van der Waals surface area contributed by atoms with Crippen molar-refractivity contribution in [1.82, 2.24) is 9.78 Å². The van der Waals surface area contributed by atoms with Gasteiger partial charge in [-0.15, -0.1) is 0 Å². The molecule has 37 heavy (non-hydrogen) atoms. The lowest BCUT2D eigenvalue weighted by molar-refractivity contribution is 0.0549. The molecule has 1 aromatic heterocycles. The van der Waals surface area contributed by atoms with E-state index in [0.717, 1.165) is 0 Å². The van der Waals surface area contributed by atoms with E-state index in [4.69, 9.17) is 42.1 Å². The summed E-state index contributed by atoms with van der Waals surface area (Å²) in [5.41, 5.74) is 1.58. The Morgan fingerprint density at radius 1 is 0.892 bits per heavy atom. The maximum absolute atomic E-state index is 13.0. The SMILES string of the molecule is COC(=O)c1c(-c2cccc(OC)c2OCc2ccc(Cl)cc2Cl)nn(-c2ccccc2)c1C(=O)OC. The van der Waals surface area contributed by atoms with Crippen LogP contribution in [0, 0.1) is 0 Å². The first-order chi connectivity index (χ1) is 17.9. The van der Waals surface area contributed by atoms with Crippen LogP contribution in [0.2, 0.25) is 10.0 Å². The Bertz CT molecular complexity index is 1450. The molecule has 8 nitrogen and oxygen atoms in total. The first kappa shape index (κ1) is 26.1. The van der Waals surface area contributed by atoms with Gasteiger partial charge in [0.1, 0.15) is 17.9 Å². The minimum absolute atomic E-state index is 0.0696. The number of carbonyl (C=O) groups excluding carboxylic acids is 2. The molecule has 0 unspecified atom stereocenters. The number of hydrogen-bond acceptors (Lipinski definition) is 7. The van der Waals surface area contributed by atoms with Gasteiger partial charge in [0.2, 0.25) is 0 Å². The van der Waals surface area contributed by atoms with Crippen LogP contribution in [0.1, 0.15) is 26.4 Å². The molecule has 190 valence electrons. The van der Waals surface area contributed by atoms with Crippen LogP contribution in [0.25, 0.3) is 16.9 Å². The zero-order valence-corrected chi connectivity index (χ0v) is 21.7. The fraction of sp³-hybridized carbons (Fsp3) is 0.148. The minimum atomic E-state index is -0.771. The average molecular weight is 541 g/mol. The molecule has 1 heterocycles. The number of para-hydroxylation sites is 2. The van der Waals surface area contributed by atoms with Crippen molar-refractivity contribution >= 4 is 35.1 Å². The van der Waals surface area contributed by atoms with Crippen molar-refractivity contribution in [2.24, 2.45) is 0 Å². The summed E-state index contributed by atoms with van der Waals surface area (Å²) in [5, 5.41) is 5.57. The van der Waals surface area contributed by atoms with Gasteiger partial charge in [-0.05, 0) is 36.4 Å². The lowest BCUT2D eigenvalue weighted by atomic mass is 10.0. The second kappa shape index (κ2) is 11.4. The summed E-state index contributed by atoms with van der Waals surface area (Å²) in [5.74, 6) is -0.865. The average Bonchev–Trinajstić information content (AvgIpc) is 3.32. The summed E-state index contributed by atoms with van der Waals surface area (Å²) in [6.45, 7) is 0.0696. The predicted octanol–water partition coefficient (Wildman–Crippen LogP) is 6.01. The Hall–Kier alpha value is -4.01. The van der Waals surface area contributed by atoms with E-state index >= 15 is 0 Å². The van der Waals surface area contributed by atoms with Gasteiger partial charge in [0.05, 0.1) is 27.0 Å². The molecule has 0 radical (unpaired) electrons. The quantitative estimate of drug-likeness (QED) is 0.253. The number of rotatable bonds is 8. The molecule has 3 aromatic carbocycles. The van der Waals surface area contributed by atoms with E-state index in [0.29, 0.717) is 32.6 Å². The monoisotopic (exact) mass is 540 g/mol. The molecule has 0 bridgehead atoms. The smallest absolute Gasteiger partial charge is 0.357 e. The van der Waals surface area contributed by atoms with Crippen molar-refractivity contribution in [2.45, 2.75) is 6.61 Å². The fourth-order valence-electron chi connectivity index (χ4n) is 3.74. The molecule has 0 aliphatic carbocycles. The zero-order chi connectivity index (χ0) is 26.5. The molecule has 0 fully saturated rings. The number of ether oxygens (including phenoxy) is 4. The van der Waals surface area contributed by atoms with E-state index in [-0.39, 0.29) is 29.3 Å². The number of methoxy groups -OCH3 is 3. The van der Waals surface area contributed by atoms with E-state index in [9.17, 15) is 9.59 Å². The third kappa shape index (κ3) is 5.26. The molecule has 0 aliphatic heterocycles. The third-order valence-corrected chi connectivity index (χ3v) is 6.08. The van der Waals surface area contributed by atoms with Crippen LogP contribution in [0.3, 0.4) is 0 Å². The van der Waals surface area contributed by atoms with Crippen LogP contribution in [0.5, 0.6) is 11.5 Å². The molecule has 0 atom stereocenters. The summed E-state index contributed by atoms with van der Waals surface area (Å²) in [7, 11) is 3.94. The third-order valence-electron chi connectivity index (χ3n) is 5.50. The number of aromatic nitrogens is 2. The number of halogens is 2. The van der Waals surface area contributed by atoms with Crippen molar-refractivity contribution in [2.75, 3.05) is 21.3 Å². The van der Waals surface area contributed by atoms with Crippen LogP contribution in [-0.4, -0.2) is 43.0 Å². The first-order valence-electron chi connectivity index (χ1n) is 11.0. The van der Waals surface area contributed by atoms with Gasteiger partial charge >= 0.3 is 11.9 Å². The molecule has 4 aromatic rings. The minimum Gasteiger partial charge on any atom is -0.493 e. The second-order valence-corrected chi connectivity index (χ2v) is 8.51. The van der Waals surface area contributed by atoms with Crippen molar-refractivity contribution in [3.63, 3.8) is 0 Å². The van der Waals surface area contributed by atoms with Crippen LogP contribution in [-0.2, 0) is 16.1 Å². The summed E-state index contributed by atoms with van der Waals surface area (Å²) in [6, 6.07) is 19.1. The van der Waals surface area contributed by atoms with Gasteiger partial charge in [0.15, 0.2) is 17.2 Å². The highest BCUT2D eigenvalue weighted by molar-refractivity contribution is 6.35. The molecule has 0 aliphatic rings. The van der Waals surface area contributed by atoms with Crippen LogP contribution in [0.4, 0.5) is 0 Å². The van der Waals surface area contributed by atoms with Crippen molar-refractivity contribution in [3.05, 3.63) is 93.6 Å². The highest BCUT2D eigenvalue weighted by atomic mass is 35.5. The van der Waals surface area contributed by atoms with E-state index in [1.807, 2.05) is 6.07 Å². The maximum Gasteiger partial charge on any atom is 0.357 e. The Morgan fingerprint density at radius 2 is 1.62 bits per heavy atom. The second-order valence-electron chi connectivity index (χ2n) is 7.66. The Labute approximate surface area is 223 Å². The molecule has 0 spiro atoms. The normalized spacial score (nSPS) is 10.6. The van der Waals surface area contributed by atoms with Crippen LogP contribution >= 0.6 is 23.2 Å². The molecule has 0 saturated heterocycles. The standard InChI is InChI=1S/C27H22Cl2N2O6/c1-34-21-11-7-10-19(25(21)37-15-16-12-13-17(28)14-20(16)29)23-22(26(32)35-2)24(27(33)36-3)31(30-23)18-8-5-4-6-9-18/h4-14H,15H2,1-3H3. The zero-order valence-electron chi connectivity index (χ0n) is 20.2. The fourth-order valence-corrected chi connectivity index (χ4v) is 4.21. The number of benzene rings is 3. The van der Waals surface area contributed by atoms with Gasteiger partial charge in [-0.3, -0.25) is 0 Å². The molecular formula is C27H22Cl2N2O6. The number of nitrogens with zero attached hydrogens (tertiary/aromatic N) is 2. The van der Waals surface area contributed by atoms with E-state index in [1.54, 1.807) is 60.7 Å². The van der Waals surface area contributed by atoms with E-state index < -0.39 is 11.9 Å². The van der Waals surface area contributed by atoms with Gasteiger partial charge in [-0.2, -0.15) is 5.10 Å². The van der Waals surface area contributed by atoms with Gasteiger partial charge < -0.3 is 18.9 Å². The summed E-state index contributed by atoms with van der Waals surface area (Å²) < 4.78 is 23.1. The summed E-state index contributed by atoms with van der Waals surface area (Å²) in [4.78, 5) is 25.9. The first-order valence-corrected chi connectivity index (χ1v) is 11.7. The lowest BCUT2D eigenvalue weighted by Gasteiger charge is -2.15.